The second kappa shape index (κ2) is 9.39. The van der Waals surface area contributed by atoms with Gasteiger partial charge in [0.2, 0.25) is 0 Å². The van der Waals surface area contributed by atoms with Gasteiger partial charge in [0.25, 0.3) is 0 Å². The van der Waals surface area contributed by atoms with Crippen molar-refractivity contribution in [1.29, 1.82) is 0 Å². The number of nitrogens with zero attached hydrogens (tertiary/aromatic N) is 1. The molecular weight excluding hydrogens is 382 g/mol. The Bertz CT molecular complexity index is 957. The minimum Gasteiger partial charge on any atom is -0.422 e. The summed E-state index contributed by atoms with van der Waals surface area (Å²) in [7, 11) is 0. The van der Waals surface area contributed by atoms with Crippen LogP contribution in [0.4, 0.5) is 0 Å². The summed E-state index contributed by atoms with van der Waals surface area (Å²) in [4.78, 5) is 39.1. The van der Waals surface area contributed by atoms with Crippen LogP contribution in [0.25, 0.3) is 10.8 Å². The van der Waals surface area contributed by atoms with E-state index >= 15 is 0 Å². The van der Waals surface area contributed by atoms with Crippen LogP contribution in [0.5, 0.6) is 11.5 Å². The average Bonchev–Trinajstić information content (AvgIpc) is 3.20. The Balaban J connectivity index is 1.94. The standard InChI is InChI=1S/C24H29NO5/c1-15(2)23(27)29-21-12-17-7-8-18(20(26)14-25-9-5-6-10-25)11-19(17)13-22(21)30-24(28)16(3)4/h7-8,11-13,15-16H,5-6,9-10,14H2,1-4H3. The van der Waals surface area contributed by atoms with Crippen LogP contribution in [0.2, 0.25) is 0 Å². The number of fused-ring (bicyclic) bond motifs is 1. The minimum absolute atomic E-state index is 0.0647. The van der Waals surface area contributed by atoms with Crippen molar-refractivity contribution < 1.29 is 23.9 Å². The van der Waals surface area contributed by atoms with Crippen LogP contribution >= 0.6 is 0 Å². The molecule has 160 valence electrons. The van der Waals surface area contributed by atoms with Gasteiger partial charge in [-0.2, -0.15) is 0 Å². The van der Waals surface area contributed by atoms with Crippen molar-refractivity contribution in [1.82, 2.24) is 4.90 Å². The Morgan fingerprint density at radius 1 is 0.833 bits per heavy atom. The Kier molecular flexibility index (Phi) is 6.87. The number of ketones is 1. The second-order valence-electron chi connectivity index (χ2n) is 8.42. The molecule has 3 rings (SSSR count). The molecule has 30 heavy (non-hydrogen) atoms. The van der Waals surface area contributed by atoms with E-state index in [1.807, 2.05) is 6.07 Å². The van der Waals surface area contributed by atoms with E-state index in [0.717, 1.165) is 36.7 Å². The number of likely N-dealkylation sites (tertiary alicyclic amines) is 1. The van der Waals surface area contributed by atoms with Crippen molar-refractivity contribution in [3.05, 3.63) is 35.9 Å². The SMILES string of the molecule is CC(C)C(=O)Oc1cc2ccc(C(=O)CN3CCCC3)cc2cc1OC(=O)C(C)C. The normalized spacial score (nSPS) is 14.5. The van der Waals surface area contributed by atoms with E-state index < -0.39 is 11.9 Å². The van der Waals surface area contributed by atoms with E-state index in [4.69, 9.17) is 9.47 Å². The highest BCUT2D eigenvalue weighted by Gasteiger charge is 2.20. The molecule has 1 saturated heterocycles. The number of benzene rings is 2. The first kappa shape index (κ1) is 22.0. The third-order valence-corrected chi connectivity index (χ3v) is 5.15. The van der Waals surface area contributed by atoms with Gasteiger partial charge in [0.05, 0.1) is 18.4 Å². The second-order valence-corrected chi connectivity index (χ2v) is 8.42. The molecule has 6 nitrogen and oxygen atoms in total. The van der Waals surface area contributed by atoms with E-state index in [1.165, 1.54) is 0 Å². The lowest BCUT2D eigenvalue weighted by Crippen LogP contribution is -2.26. The van der Waals surface area contributed by atoms with Crippen molar-refractivity contribution in [3.63, 3.8) is 0 Å². The highest BCUT2D eigenvalue weighted by atomic mass is 16.6. The quantitative estimate of drug-likeness (QED) is 0.385. The summed E-state index contributed by atoms with van der Waals surface area (Å²) >= 11 is 0. The maximum absolute atomic E-state index is 12.7. The lowest BCUT2D eigenvalue weighted by atomic mass is 10.0. The van der Waals surface area contributed by atoms with Crippen LogP contribution < -0.4 is 9.47 Å². The molecule has 0 bridgehead atoms. The van der Waals surface area contributed by atoms with Crippen molar-refractivity contribution in [3.8, 4) is 11.5 Å². The highest BCUT2D eigenvalue weighted by Crippen LogP contribution is 2.34. The number of esters is 2. The van der Waals surface area contributed by atoms with Crippen molar-refractivity contribution in [2.75, 3.05) is 19.6 Å². The monoisotopic (exact) mass is 411 g/mol. The Morgan fingerprint density at radius 2 is 1.37 bits per heavy atom. The van der Waals surface area contributed by atoms with Gasteiger partial charge in [0, 0.05) is 5.56 Å². The van der Waals surface area contributed by atoms with Gasteiger partial charge in [-0.25, -0.2) is 0 Å². The summed E-state index contributed by atoms with van der Waals surface area (Å²) in [6.07, 6.45) is 2.26. The van der Waals surface area contributed by atoms with Crippen LogP contribution in [0.15, 0.2) is 30.3 Å². The largest absolute Gasteiger partial charge is 0.422 e. The molecule has 0 unspecified atom stereocenters. The van der Waals surface area contributed by atoms with E-state index in [-0.39, 0.29) is 29.1 Å². The summed E-state index contributed by atoms with van der Waals surface area (Å²) in [5.74, 6) is -1.03. The molecule has 2 aromatic rings. The molecule has 0 radical (unpaired) electrons. The van der Waals surface area contributed by atoms with Gasteiger partial charge in [-0.1, -0.05) is 39.8 Å². The van der Waals surface area contributed by atoms with Crippen LogP contribution in [0.3, 0.4) is 0 Å². The molecule has 0 spiro atoms. The lowest BCUT2D eigenvalue weighted by molar-refractivity contribution is -0.140. The van der Waals surface area contributed by atoms with Gasteiger partial charge < -0.3 is 9.47 Å². The fourth-order valence-electron chi connectivity index (χ4n) is 3.28. The molecule has 0 amide bonds. The highest BCUT2D eigenvalue weighted by molar-refractivity contribution is 6.01. The number of Topliss-reactive ketones (excluding diaryl/α,β-unsaturated/α-hetero) is 1. The first-order valence-corrected chi connectivity index (χ1v) is 10.5. The van der Waals surface area contributed by atoms with E-state index in [0.29, 0.717) is 12.1 Å². The van der Waals surface area contributed by atoms with Gasteiger partial charge in [-0.3, -0.25) is 19.3 Å². The first-order valence-electron chi connectivity index (χ1n) is 10.5. The first-order chi connectivity index (χ1) is 14.2. The van der Waals surface area contributed by atoms with Crippen LogP contribution in [-0.2, 0) is 9.59 Å². The van der Waals surface area contributed by atoms with Gasteiger partial charge in [-0.05, 0) is 54.9 Å². The Labute approximate surface area is 177 Å². The Hall–Kier alpha value is -2.73. The summed E-state index contributed by atoms with van der Waals surface area (Å²) in [6, 6.07) is 8.74. The van der Waals surface area contributed by atoms with Crippen molar-refractivity contribution in [2.45, 2.75) is 40.5 Å². The van der Waals surface area contributed by atoms with E-state index in [1.54, 1.807) is 52.0 Å². The van der Waals surface area contributed by atoms with Gasteiger partial charge >= 0.3 is 11.9 Å². The number of rotatable bonds is 7. The number of carbonyl (C=O) groups is 3. The molecule has 0 aliphatic carbocycles. The van der Waals surface area contributed by atoms with Gasteiger partial charge in [0.15, 0.2) is 17.3 Å². The average molecular weight is 411 g/mol. The number of hydrogen-bond donors (Lipinski definition) is 0. The summed E-state index contributed by atoms with van der Waals surface area (Å²) in [5.41, 5.74) is 0.613. The van der Waals surface area contributed by atoms with Crippen molar-refractivity contribution in [2.24, 2.45) is 11.8 Å². The molecule has 0 saturated carbocycles. The summed E-state index contributed by atoms with van der Waals surface area (Å²) in [6.45, 7) is 9.27. The maximum Gasteiger partial charge on any atom is 0.313 e. The maximum atomic E-state index is 12.7. The van der Waals surface area contributed by atoms with E-state index in [2.05, 4.69) is 4.90 Å². The molecule has 1 aliphatic heterocycles. The zero-order valence-electron chi connectivity index (χ0n) is 18.1. The van der Waals surface area contributed by atoms with Crippen LogP contribution in [0, 0.1) is 11.8 Å². The molecule has 1 aliphatic rings. The fourth-order valence-corrected chi connectivity index (χ4v) is 3.28. The van der Waals surface area contributed by atoms with Gasteiger partial charge in [0.1, 0.15) is 0 Å². The molecule has 0 aromatic heterocycles. The van der Waals surface area contributed by atoms with Crippen molar-refractivity contribution >= 4 is 28.5 Å². The zero-order chi connectivity index (χ0) is 21.8. The third-order valence-electron chi connectivity index (χ3n) is 5.15. The molecule has 6 heteroatoms. The molecule has 0 atom stereocenters. The van der Waals surface area contributed by atoms with E-state index in [9.17, 15) is 14.4 Å². The Morgan fingerprint density at radius 3 is 1.90 bits per heavy atom. The fraction of sp³-hybridized carbons (Fsp3) is 0.458. The summed E-state index contributed by atoms with van der Waals surface area (Å²) in [5, 5.41) is 1.54. The third kappa shape index (κ3) is 5.25. The predicted molar refractivity (Wildman–Crippen MR) is 115 cm³/mol. The molecular formula is C24H29NO5. The van der Waals surface area contributed by atoms with Crippen LogP contribution in [-0.4, -0.2) is 42.3 Å². The molecule has 0 N–H and O–H groups in total. The molecule has 1 heterocycles. The number of hydrogen-bond acceptors (Lipinski definition) is 6. The predicted octanol–water partition coefficient (Wildman–Crippen LogP) is 4.24. The minimum atomic E-state index is -0.419. The molecule has 2 aromatic carbocycles. The van der Waals surface area contributed by atoms with Crippen LogP contribution in [0.1, 0.15) is 50.9 Å². The lowest BCUT2D eigenvalue weighted by Gasteiger charge is -2.15. The smallest absolute Gasteiger partial charge is 0.313 e. The topological polar surface area (TPSA) is 72.9 Å². The number of ether oxygens (including phenoxy) is 2. The number of carbonyl (C=O) groups excluding carboxylic acids is 3. The molecule has 1 fully saturated rings. The van der Waals surface area contributed by atoms with Gasteiger partial charge in [-0.15, -0.1) is 0 Å². The zero-order valence-corrected chi connectivity index (χ0v) is 18.1. The summed E-state index contributed by atoms with van der Waals surface area (Å²) < 4.78 is 11.0.